The standard InChI is InChI=1S/C15H18O2/c1-10(2)9-12-13(14(12)15(16)17-3)11-7-5-4-6-8-11/h4-9,12-14H,1-3H3/t12-,13?,14-/m0/s1. The van der Waals surface area contributed by atoms with Crippen LogP contribution in [0.15, 0.2) is 42.0 Å². The predicted molar refractivity (Wildman–Crippen MR) is 67.6 cm³/mol. The number of hydrogen-bond acceptors (Lipinski definition) is 2. The van der Waals surface area contributed by atoms with Gasteiger partial charge < -0.3 is 4.74 Å². The minimum atomic E-state index is -0.0960. The van der Waals surface area contributed by atoms with Gasteiger partial charge in [-0.1, -0.05) is 42.0 Å². The van der Waals surface area contributed by atoms with E-state index in [4.69, 9.17) is 4.74 Å². The van der Waals surface area contributed by atoms with Crippen LogP contribution in [0, 0.1) is 11.8 Å². The Hall–Kier alpha value is -1.57. The highest BCUT2D eigenvalue weighted by atomic mass is 16.5. The summed E-state index contributed by atoms with van der Waals surface area (Å²) in [6.45, 7) is 4.13. The van der Waals surface area contributed by atoms with Crippen molar-refractivity contribution in [1.29, 1.82) is 0 Å². The SMILES string of the molecule is COC(=O)[C@@H]1C(c2ccccc2)[C@@H]1C=C(C)C. The van der Waals surface area contributed by atoms with Gasteiger partial charge in [-0.3, -0.25) is 4.79 Å². The van der Waals surface area contributed by atoms with Gasteiger partial charge in [0.1, 0.15) is 0 Å². The van der Waals surface area contributed by atoms with Crippen LogP contribution in [-0.2, 0) is 9.53 Å². The normalized spacial score (nSPS) is 26.2. The third-order valence-corrected chi connectivity index (χ3v) is 3.26. The van der Waals surface area contributed by atoms with Crippen LogP contribution in [0.1, 0.15) is 25.3 Å². The van der Waals surface area contributed by atoms with Crippen molar-refractivity contribution >= 4 is 5.97 Å². The molecule has 1 aromatic carbocycles. The average Bonchev–Trinajstić information content (AvgIpc) is 3.02. The first kappa shape index (κ1) is 11.9. The van der Waals surface area contributed by atoms with Gasteiger partial charge >= 0.3 is 5.97 Å². The molecule has 0 aliphatic heterocycles. The number of ether oxygens (including phenoxy) is 1. The van der Waals surface area contributed by atoms with Crippen molar-refractivity contribution in [2.24, 2.45) is 11.8 Å². The summed E-state index contributed by atoms with van der Waals surface area (Å²) in [7, 11) is 1.46. The first-order chi connectivity index (χ1) is 8.15. The molecule has 1 fully saturated rings. The van der Waals surface area contributed by atoms with E-state index in [1.165, 1.54) is 18.2 Å². The van der Waals surface area contributed by atoms with Crippen molar-refractivity contribution in [3.63, 3.8) is 0 Å². The number of methoxy groups -OCH3 is 1. The highest BCUT2D eigenvalue weighted by molar-refractivity contribution is 5.79. The molecule has 17 heavy (non-hydrogen) atoms. The molecule has 0 saturated heterocycles. The third kappa shape index (κ3) is 2.41. The summed E-state index contributed by atoms with van der Waals surface area (Å²) in [4.78, 5) is 11.7. The number of hydrogen-bond donors (Lipinski definition) is 0. The molecule has 0 aromatic heterocycles. The van der Waals surface area contributed by atoms with E-state index in [0.717, 1.165) is 0 Å². The Morgan fingerprint density at radius 3 is 2.41 bits per heavy atom. The molecule has 0 heterocycles. The number of carbonyl (C=O) groups is 1. The Morgan fingerprint density at radius 2 is 1.88 bits per heavy atom. The lowest BCUT2D eigenvalue weighted by atomic mass is 10.1. The van der Waals surface area contributed by atoms with Crippen LogP contribution in [0.5, 0.6) is 0 Å². The van der Waals surface area contributed by atoms with Gasteiger partial charge in [0.25, 0.3) is 0 Å². The minimum absolute atomic E-state index is 0.00250. The van der Waals surface area contributed by atoms with Crippen molar-refractivity contribution in [3.8, 4) is 0 Å². The summed E-state index contributed by atoms with van der Waals surface area (Å²) in [6, 6.07) is 10.2. The highest BCUT2D eigenvalue weighted by Crippen LogP contribution is 2.55. The zero-order chi connectivity index (χ0) is 12.4. The molecule has 0 amide bonds. The lowest BCUT2D eigenvalue weighted by molar-refractivity contribution is -0.142. The molecule has 2 rings (SSSR count). The second kappa shape index (κ2) is 4.74. The van der Waals surface area contributed by atoms with Gasteiger partial charge in [0.15, 0.2) is 0 Å². The van der Waals surface area contributed by atoms with E-state index in [0.29, 0.717) is 11.8 Å². The van der Waals surface area contributed by atoms with E-state index in [2.05, 4.69) is 32.1 Å². The van der Waals surface area contributed by atoms with Crippen LogP contribution in [0.2, 0.25) is 0 Å². The van der Waals surface area contributed by atoms with Crippen molar-refractivity contribution in [2.75, 3.05) is 7.11 Å². The molecule has 90 valence electrons. The average molecular weight is 230 g/mol. The van der Waals surface area contributed by atoms with E-state index in [9.17, 15) is 4.79 Å². The fourth-order valence-electron chi connectivity index (χ4n) is 2.47. The van der Waals surface area contributed by atoms with Crippen LogP contribution in [0.25, 0.3) is 0 Å². The number of rotatable bonds is 3. The van der Waals surface area contributed by atoms with Crippen molar-refractivity contribution in [3.05, 3.63) is 47.5 Å². The summed E-state index contributed by atoms with van der Waals surface area (Å²) >= 11 is 0. The van der Waals surface area contributed by atoms with E-state index in [1.54, 1.807) is 0 Å². The molecule has 1 aromatic rings. The van der Waals surface area contributed by atoms with E-state index in [1.807, 2.05) is 18.2 Å². The number of benzene rings is 1. The van der Waals surface area contributed by atoms with Gasteiger partial charge in [-0.25, -0.2) is 0 Å². The third-order valence-electron chi connectivity index (χ3n) is 3.26. The Kier molecular flexibility index (Phi) is 3.32. The minimum Gasteiger partial charge on any atom is -0.469 e. The summed E-state index contributed by atoms with van der Waals surface area (Å²) in [6.07, 6.45) is 2.18. The Morgan fingerprint density at radius 1 is 1.24 bits per heavy atom. The maximum absolute atomic E-state index is 11.7. The lowest BCUT2D eigenvalue weighted by Crippen LogP contribution is -2.04. The molecule has 1 saturated carbocycles. The van der Waals surface area contributed by atoms with E-state index < -0.39 is 0 Å². The van der Waals surface area contributed by atoms with Gasteiger partial charge in [0.05, 0.1) is 13.0 Å². The van der Waals surface area contributed by atoms with Gasteiger partial charge in [-0.2, -0.15) is 0 Å². The molecular weight excluding hydrogens is 212 g/mol. The molecule has 0 N–H and O–H groups in total. The quantitative estimate of drug-likeness (QED) is 0.589. The molecule has 1 aliphatic carbocycles. The number of carbonyl (C=O) groups excluding carboxylic acids is 1. The Balaban J connectivity index is 2.22. The van der Waals surface area contributed by atoms with Crippen molar-refractivity contribution in [1.82, 2.24) is 0 Å². The molecule has 3 atom stereocenters. The molecule has 2 nitrogen and oxygen atoms in total. The van der Waals surface area contributed by atoms with Crippen LogP contribution < -0.4 is 0 Å². The first-order valence-corrected chi connectivity index (χ1v) is 5.93. The smallest absolute Gasteiger partial charge is 0.309 e. The van der Waals surface area contributed by atoms with Gasteiger partial charge in [0, 0.05) is 5.92 Å². The highest BCUT2D eigenvalue weighted by Gasteiger charge is 2.54. The monoisotopic (exact) mass is 230 g/mol. The fourth-order valence-corrected chi connectivity index (χ4v) is 2.47. The maximum Gasteiger partial charge on any atom is 0.309 e. The molecule has 0 spiro atoms. The van der Waals surface area contributed by atoms with Crippen LogP contribution in [0.4, 0.5) is 0 Å². The number of allylic oxidation sites excluding steroid dienone is 2. The lowest BCUT2D eigenvalue weighted by Gasteiger charge is -1.98. The summed E-state index contributed by atoms with van der Waals surface area (Å²) in [5.74, 6) is 0.493. The molecule has 0 radical (unpaired) electrons. The van der Waals surface area contributed by atoms with Gasteiger partial charge in [0.2, 0.25) is 0 Å². The van der Waals surface area contributed by atoms with Gasteiger partial charge in [-0.05, 0) is 25.3 Å². The van der Waals surface area contributed by atoms with Gasteiger partial charge in [-0.15, -0.1) is 0 Å². The molecule has 0 bridgehead atoms. The van der Waals surface area contributed by atoms with Crippen LogP contribution in [0.3, 0.4) is 0 Å². The van der Waals surface area contributed by atoms with E-state index in [-0.39, 0.29) is 11.9 Å². The molecular formula is C15H18O2. The second-order valence-corrected chi connectivity index (χ2v) is 4.81. The fraction of sp³-hybridized carbons (Fsp3) is 0.400. The number of esters is 1. The predicted octanol–water partition coefficient (Wildman–Crippen LogP) is 3.16. The van der Waals surface area contributed by atoms with E-state index >= 15 is 0 Å². The zero-order valence-electron chi connectivity index (χ0n) is 10.5. The van der Waals surface area contributed by atoms with Crippen LogP contribution >= 0.6 is 0 Å². The first-order valence-electron chi connectivity index (χ1n) is 5.93. The maximum atomic E-state index is 11.7. The molecule has 2 heteroatoms. The summed E-state index contributed by atoms with van der Waals surface area (Å²) < 4.78 is 4.87. The molecule has 1 aliphatic rings. The topological polar surface area (TPSA) is 26.3 Å². The summed E-state index contributed by atoms with van der Waals surface area (Å²) in [5, 5.41) is 0. The zero-order valence-corrected chi connectivity index (χ0v) is 10.5. The largest absolute Gasteiger partial charge is 0.469 e. The van der Waals surface area contributed by atoms with Crippen molar-refractivity contribution < 1.29 is 9.53 Å². The van der Waals surface area contributed by atoms with Crippen molar-refractivity contribution in [2.45, 2.75) is 19.8 Å². The Labute approximate surface area is 102 Å². The summed E-state index contributed by atoms with van der Waals surface area (Å²) in [5.41, 5.74) is 2.48. The molecule has 1 unspecified atom stereocenters. The Bertz CT molecular complexity index is 429. The van der Waals surface area contributed by atoms with Crippen LogP contribution in [-0.4, -0.2) is 13.1 Å². The second-order valence-electron chi connectivity index (χ2n) is 4.81.